The lowest BCUT2D eigenvalue weighted by Gasteiger charge is -2.12. The Balaban J connectivity index is 1.75. The third-order valence-corrected chi connectivity index (χ3v) is 5.00. The fourth-order valence-electron chi connectivity index (χ4n) is 2.26. The number of ether oxygens (including phenoxy) is 1. The van der Waals surface area contributed by atoms with Crippen LogP contribution >= 0.6 is 0 Å². The van der Waals surface area contributed by atoms with Gasteiger partial charge in [-0.25, -0.2) is 0 Å². The topological polar surface area (TPSA) is 52.6 Å². The second kappa shape index (κ2) is 9.38. The molecular weight excluding hydrogens is 336 g/mol. The number of hydrogen-bond donors (Lipinski definition) is 0. The molecule has 2 rings (SSSR count). The van der Waals surface area contributed by atoms with E-state index >= 15 is 0 Å². The zero-order chi connectivity index (χ0) is 18.1. The molecule has 0 N–H and O–H groups in total. The average molecular weight is 358 g/mol. The maximum absolute atomic E-state index is 12.1. The fraction of sp³-hybridized carbons (Fsp3) is 0.300. The van der Waals surface area contributed by atoms with Crippen LogP contribution < -0.4 is 0 Å². The van der Waals surface area contributed by atoms with E-state index in [0.717, 1.165) is 12.0 Å². The summed E-state index contributed by atoms with van der Waals surface area (Å²) in [5, 5.41) is 0. The Morgan fingerprint density at radius 1 is 1.04 bits per heavy atom. The highest BCUT2D eigenvalue weighted by atomic mass is 32.2. The Morgan fingerprint density at radius 3 is 2.36 bits per heavy atom. The monoisotopic (exact) mass is 358 g/mol. The van der Waals surface area contributed by atoms with Crippen LogP contribution in [0.2, 0.25) is 0 Å². The molecule has 0 saturated heterocycles. The molecule has 1 unspecified atom stereocenters. The van der Waals surface area contributed by atoms with E-state index in [2.05, 4.69) is 5.92 Å². The molecule has 0 aromatic heterocycles. The molecule has 1 atom stereocenters. The predicted molar refractivity (Wildman–Crippen MR) is 97.7 cm³/mol. The van der Waals surface area contributed by atoms with E-state index in [4.69, 9.17) is 15.3 Å². The number of rotatable bonds is 9. The van der Waals surface area contributed by atoms with Gasteiger partial charge in [0, 0.05) is 0 Å². The molecule has 0 aliphatic heterocycles. The zero-order valence-corrected chi connectivity index (χ0v) is 15.0. The third kappa shape index (κ3) is 6.35. The minimum absolute atomic E-state index is 0.0697. The highest BCUT2D eigenvalue weighted by molar-refractivity contribution is 7.86. The Kier molecular flexibility index (Phi) is 7.20. The molecule has 0 saturated carbocycles. The van der Waals surface area contributed by atoms with Gasteiger partial charge in [-0.15, -0.1) is 6.42 Å². The van der Waals surface area contributed by atoms with Gasteiger partial charge in [-0.3, -0.25) is 4.18 Å². The van der Waals surface area contributed by atoms with Gasteiger partial charge in [0.05, 0.1) is 18.1 Å². The van der Waals surface area contributed by atoms with E-state index in [1.54, 1.807) is 12.1 Å². The van der Waals surface area contributed by atoms with Gasteiger partial charge < -0.3 is 4.74 Å². The van der Waals surface area contributed by atoms with Crippen molar-refractivity contribution in [3.8, 4) is 12.3 Å². The van der Waals surface area contributed by atoms with E-state index in [1.807, 2.05) is 37.3 Å². The van der Waals surface area contributed by atoms with Gasteiger partial charge in [-0.1, -0.05) is 53.9 Å². The van der Waals surface area contributed by atoms with Crippen molar-refractivity contribution in [2.45, 2.75) is 30.8 Å². The summed E-state index contributed by atoms with van der Waals surface area (Å²) in [6.45, 7) is 1.94. The second-order valence-electron chi connectivity index (χ2n) is 5.64. The Hall–Kier alpha value is -2.13. The van der Waals surface area contributed by atoms with Gasteiger partial charge in [-0.2, -0.15) is 8.42 Å². The number of hydrogen-bond acceptors (Lipinski definition) is 4. The molecule has 0 aliphatic carbocycles. The summed E-state index contributed by atoms with van der Waals surface area (Å²) in [6.07, 6.45) is 6.58. The molecule has 0 aliphatic rings. The number of aryl methyl sites for hydroxylation is 2. The molecule has 5 heteroatoms. The first-order valence-corrected chi connectivity index (χ1v) is 9.50. The molecular formula is C20H22O4S. The van der Waals surface area contributed by atoms with Crippen molar-refractivity contribution in [2.75, 3.05) is 13.2 Å². The molecule has 0 bridgehead atoms. The number of terminal acetylenes is 1. The highest BCUT2D eigenvalue weighted by Crippen LogP contribution is 2.13. The number of benzene rings is 2. The van der Waals surface area contributed by atoms with Gasteiger partial charge >= 0.3 is 0 Å². The highest BCUT2D eigenvalue weighted by Gasteiger charge is 2.15. The van der Waals surface area contributed by atoms with E-state index in [1.165, 1.54) is 17.7 Å². The molecule has 4 nitrogen and oxygen atoms in total. The predicted octanol–water partition coefficient (Wildman–Crippen LogP) is 3.35. The first-order chi connectivity index (χ1) is 12.0. The first-order valence-electron chi connectivity index (χ1n) is 8.09. The fourth-order valence-corrected chi connectivity index (χ4v) is 3.16. The Bertz CT molecular complexity index is 790. The van der Waals surface area contributed by atoms with Crippen LogP contribution in [0.15, 0.2) is 59.5 Å². The van der Waals surface area contributed by atoms with Crippen molar-refractivity contribution in [3.63, 3.8) is 0 Å². The van der Waals surface area contributed by atoms with Crippen molar-refractivity contribution in [1.29, 1.82) is 0 Å². The van der Waals surface area contributed by atoms with E-state index < -0.39 is 10.1 Å². The molecule has 2 aromatic carbocycles. The summed E-state index contributed by atoms with van der Waals surface area (Å²) in [5.41, 5.74) is 2.17. The minimum Gasteiger partial charge on any atom is -0.363 e. The van der Waals surface area contributed by atoms with E-state index in [0.29, 0.717) is 6.42 Å². The molecule has 0 fully saturated rings. The smallest absolute Gasteiger partial charge is 0.297 e. The van der Waals surface area contributed by atoms with Crippen LogP contribution in [0.25, 0.3) is 0 Å². The van der Waals surface area contributed by atoms with Crippen molar-refractivity contribution in [3.05, 3.63) is 65.7 Å². The third-order valence-electron chi connectivity index (χ3n) is 3.67. The largest absolute Gasteiger partial charge is 0.363 e. The first kappa shape index (κ1) is 19.2. The van der Waals surface area contributed by atoms with Crippen LogP contribution in [0.4, 0.5) is 0 Å². The van der Waals surface area contributed by atoms with Gasteiger partial charge in [0.1, 0.15) is 6.10 Å². The van der Waals surface area contributed by atoms with Crippen LogP contribution in [0.1, 0.15) is 17.5 Å². The minimum atomic E-state index is -3.77. The zero-order valence-electron chi connectivity index (χ0n) is 14.2. The van der Waals surface area contributed by atoms with Crippen molar-refractivity contribution >= 4 is 10.1 Å². The molecule has 0 radical (unpaired) electrons. The van der Waals surface area contributed by atoms with Crippen LogP contribution in [0.5, 0.6) is 0 Å². The van der Waals surface area contributed by atoms with Gasteiger partial charge in [0.2, 0.25) is 0 Å². The average Bonchev–Trinajstić information content (AvgIpc) is 2.62. The summed E-state index contributed by atoms with van der Waals surface area (Å²) in [7, 11) is -3.77. The SMILES string of the molecule is C#CC(CCc1ccccc1)OCCOS(=O)(=O)c1ccc(C)cc1. The lowest BCUT2D eigenvalue weighted by molar-refractivity contribution is 0.0630. The van der Waals surface area contributed by atoms with Crippen LogP contribution in [0, 0.1) is 19.3 Å². The lowest BCUT2D eigenvalue weighted by atomic mass is 10.1. The summed E-state index contributed by atoms with van der Waals surface area (Å²) in [5.74, 6) is 2.58. The molecule has 0 heterocycles. The molecule has 132 valence electrons. The second-order valence-corrected chi connectivity index (χ2v) is 7.25. The molecule has 25 heavy (non-hydrogen) atoms. The van der Waals surface area contributed by atoms with Gasteiger partial charge in [-0.05, 0) is 37.5 Å². The van der Waals surface area contributed by atoms with Crippen molar-refractivity contribution < 1.29 is 17.3 Å². The Labute approximate surface area is 149 Å². The van der Waals surface area contributed by atoms with Gasteiger partial charge in [0.15, 0.2) is 0 Å². The van der Waals surface area contributed by atoms with Crippen molar-refractivity contribution in [1.82, 2.24) is 0 Å². The summed E-state index contributed by atoms with van der Waals surface area (Å²) >= 11 is 0. The van der Waals surface area contributed by atoms with E-state index in [9.17, 15) is 8.42 Å². The van der Waals surface area contributed by atoms with Crippen LogP contribution in [0.3, 0.4) is 0 Å². The summed E-state index contributed by atoms with van der Waals surface area (Å²) in [6, 6.07) is 16.5. The normalized spacial score (nSPS) is 12.5. The maximum atomic E-state index is 12.1. The van der Waals surface area contributed by atoms with Crippen LogP contribution in [-0.2, 0) is 25.5 Å². The van der Waals surface area contributed by atoms with Gasteiger partial charge in [0.25, 0.3) is 10.1 Å². The van der Waals surface area contributed by atoms with Crippen LogP contribution in [-0.4, -0.2) is 27.7 Å². The summed E-state index contributed by atoms with van der Waals surface area (Å²) in [4.78, 5) is 0.135. The quantitative estimate of drug-likeness (QED) is 0.392. The van der Waals surface area contributed by atoms with Crippen molar-refractivity contribution in [2.24, 2.45) is 0 Å². The van der Waals surface area contributed by atoms with E-state index in [-0.39, 0.29) is 24.2 Å². The molecule has 2 aromatic rings. The Morgan fingerprint density at radius 2 is 1.72 bits per heavy atom. The standard InChI is InChI=1S/C20H22O4S/c1-3-19(12-11-18-7-5-4-6-8-18)23-15-16-24-25(21,22)20-13-9-17(2)10-14-20/h1,4-10,13-14,19H,11-12,15-16H2,2H3. The lowest BCUT2D eigenvalue weighted by Crippen LogP contribution is -2.17. The molecule has 0 amide bonds. The maximum Gasteiger partial charge on any atom is 0.297 e. The summed E-state index contributed by atoms with van der Waals surface area (Å²) < 4.78 is 34.6. The molecule has 0 spiro atoms.